The standard InChI is InChI=1S/C13H20N2O3S/c1-9(2)15-19(16,17)13-5-3-11(4-6-13)18-12-7-10(14)8-12/h3-6,9-10,12,15H,7-8,14H2,1-2H3. The topological polar surface area (TPSA) is 81.4 Å². The van der Waals surface area contributed by atoms with Crippen LogP contribution < -0.4 is 15.2 Å². The lowest BCUT2D eigenvalue weighted by Crippen LogP contribution is -2.43. The average molecular weight is 284 g/mol. The number of hydrogen-bond acceptors (Lipinski definition) is 4. The van der Waals surface area contributed by atoms with Gasteiger partial charge in [0, 0.05) is 12.1 Å². The molecule has 1 aromatic carbocycles. The van der Waals surface area contributed by atoms with E-state index in [2.05, 4.69) is 4.72 Å². The van der Waals surface area contributed by atoms with E-state index in [0.29, 0.717) is 5.75 Å². The zero-order valence-electron chi connectivity index (χ0n) is 11.2. The van der Waals surface area contributed by atoms with E-state index in [0.717, 1.165) is 12.8 Å². The minimum absolute atomic E-state index is 0.127. The first-order valence-electron chi connectivity index (χ1n) is 6.41. The van der Waals surface area contributed by atoms with E-state index in [-0.39, 0.29) is 23.1 Å². The fourth-order valence-electron chi connectivity index (χ4n) is 1.97. The van der Waals surface area contributed by atoms with Gasteiger partial charge in [0.2, 0.25) is 10.0 Å². The van der Waals surface area contributed by atoms with Gasteiger partial charge < -0.3 is 10.5 Å². The normalized spacial score (nSPS) is 23.2. The molecule has 0 unspecified atom stereocenters. The molecule has 19 heavy (non-hydrogen) atoms. The summed E-state index contributed by atoms with van der Waals surface area (Å²) in [5.74, 6) is 0.681. The van der Waals surface area contributed by atoms with Crippen molar-refractivity contribution in [2.24, 2.45) is 5.73 Å². The molecule has 2 rings (SSSR count). The summed E-state index contributed by atoms with van der Waals surface area (Å²) in [6.45, 7) is 3.57. The first-order valence-corrected chi connectivity index (χ1v) is 7.90. The highest BCUT2D eigenvalue weighted by atomic mass is 32.2. The molecule has 0 aliphatic heterocycles. The number of ether oxygens (including phenoxy) is 1. The molecule has 6 heteroatoms. The molecule has 0 bridgehead atoms. The molecule has 0 amide bonds. The van der Waals surface area contributed by atoms with Crippen molar-refractivity contribution in [3.8, 4) is 5.75 Å². The van der Waals surface area contributed by atoms with Crippen LogP contribution in [0.15, 0.2) is 29.2 Å². The van der Waals surface area contributed by atoms with Crippen LogP contribution in [0.25, 0.3) is 0 Å². The van der Waals surface area contributed by atoms with Gasteiger partial charge in [0.25, 0.3) is 0 Å². The van der Waals surface area contributed by atoms with Crippen molar-refractivity contribution in [2.75, 3.05) is 0 Å². The molecule has 0 saturated heterocycles. The Morgan fingerprint density at radius 1 is 1.26 bits per heavy atom. The van der Waals surface area contributed by atoms with Crippen molar-refractivity contribution in [1.82, 2.24) is 4.72 Å². The Morgan fingerprint density at radius 2 is 1.84 bits per heavy atom. The van der Waals surface area contributed by atoms with Gasteiger partial charge in [-0.25, -0.2) is 13.1 Å². The fourth-order valence-corrected chi connectivity index (χ4v) is 3.22. The molecule has 1 aliphatic rings. The highest BCUT2D eigenvalue weighted by Crippen LogP contribution is 2.25. The van der Waals surface area contributed by atoms with Gasteiger partial charge in [0.15, 0.2) is 0 Å². The van der Waals surface area contributed by atoms with Gasteiger partial charge >= 0.3 is 0 Å². The van der Waals surface area contributed by atoms with E-state index in [1.165, 1.54) is 0 Å². The predicted molar refractivity (Wildman–Crippen MR) is 73.5 cm³/mol. The van der Waals surface area contributed by atoms with E-state index < -0.39 is 10.0 Å². The van der Waals surface area contributed by atoms with E-state index in [4.69, 9.17) is 10.5 Å². The quantitative estimate of drug-likeness (QED) is 0.852. The minimum Gasteiger partial charge on any atom is -0.490 e. The highest BCUT2D eigenvalue weighted by molar-refractivity contribution is 7.89. The highest BCUT2D eigenvalue weighted by Gasteiger charge is 2.27. The summed E-state index contributed by atoms with van der Waals surface area (Å²) in [4.78, 5) is 0.249. The second-order valence-corrected chi connectivity index (χ2v) is 6.93. The Morgan fingerprint density at radius 3 is 2.32 bits per heavy atom. The maximum Gasteiger partial charge on any atom is 0.240 e. The van der Waals surface area contributed by atoms with Gasteiger partial charge in [-0.2, -0.15) is 0 Å². The van der Waals surface area contributed by atoms with Gasteiger partial charge in [-0.1, -0.05) is 0 Å². The number of nitrogens with two attached hydrogens (primary N) is 1. The van der Waals surface area contributed by atoms with Crippen molar-refractivity contribution in [2.45, 2.75) is 49.8 Å². The lowest BCUT2D eigenvalue weighted by Gasteiger charge is -2.32. The van der Waals surface area contributed by atoms with Crippen LogP contribution in [-0.4, -0.2) is 26.6 Å². The Labute approximate surface area is 114 Å². The smallest absolute Gasteiger partial charge is 0.240 e. The van der Waals surface area contributed by atoms with E-state index in [1.54, 1.807) is 38.1 Å². The van der Waals surface area contributed by atoms with Crippen molar-refractivity contribution < 1.29 is 13.2 Å². The Bertz CT molecular complexity index is 519. The Balaban J connectivity index is 2.02. The second-order valence-electron chi connectivity index (χ2n) is 5.22. The number of nitrogens with one attached hydrogen (secondary N) is 1. The zero-order chi connectivity index (χ0) is 14.0. The van der Waals surface area contributed by atoms with Crippen molar-refractivity contribution in [1.29, 1.82) is 0 Å². The van der Waals surface area contributed by atoms with Gasteiger partial charge in [-0.3, -0.25) is 0 Å². The molecule has 1 fully saturated rings. The van der Waals surface area contributed by atoms with Crippen molar-refractivity contribution >= 4 is 10.0 Å². The summed E-state index contributed by atoms with van der Waals surface area (Å²) in [6, 6.07) is 6.58. The van der Waals surface area contributed by atoms with Crippen LogP contribution in [0.4, 0.5) is 0 Å². The molecule has 0 heterocycles. The van der Waals surface area contributed by atoms with Crippen LogP contribution >= 0.6 is 0 Å². The summed E-state index contributed by atoms with van der Waals surface area (Å²) in [5, 5.41) is 0. The second kappa shape index (κ2) is 5.48. The lowest BCUT2D eigenvalue weighted by atomic mass is 9.90. The maximum atomic E-state index is 11.9. The molecular formula is C13H20N2O3S. The molecule has 3 N–H and O–H groups in total. The molecule has 106 valence electrons. The molecule has 1 aliphatic carbocycles. The van der Waals surface area contributed by atoms with Crippen LogP contribution in [0.1, 0.15) is 26.7 Å². The molecule has 1 aromatic rings. The zero-order valence-corrected chi connectivity index (χ0v) is 12.0. The summed E-state index contributed by atoms with van der Waals surface area (Å²) in [5.41, 5.74) is 5.68. The number of rotatable bonds is 5. The van der Waals surface area contributed by atoms with Gasteiger partial charge in [-0.05, 0) is 51.0 Å². The SMILES string of the molecule is CC(C)NS(=O)(=O)c1ccc(OC2CC(N)C2)cc1. The van der Waals surface area contributed by atoms with Crippen LogP contribution in [0.5, 0.6) is 5.75 Å². The van der Waals surface area contributed by atoms with Crippen LogP contribution in [0.2, 0.25) is 0 Å². The van der Waals surface area contributed by atoms with E-state index >= 15 is 0 Å². The largest absolute Gasteiger partial charge is 0.490 e. The molecule has 5 nitrogen and oxygen atoms in total. The maximum absolute atomic E-state index is 11.9. The monoisotopic (exact) mass is 284 g/mol. The minimum atomic E-state index is -3.43. The molecular weight excluding hydrogens is 264 g/mol. The average Bonchev–Trinajstić information content (AvgIpc) is 2.26. The number of benzene rings is 1. The molecule has 0 spiro atoms. The lowest BCUT2D eigenvalue weighted by molar-refractivity contribution is 0.101. The summed E-state index contributed by atoms with van der Waals surface area (Å²) in [7, 11) is -3.43. The Hall–Kier alpha value is -1.11. The molecule has 1 saturated carbocycles. The third-order valence-electron chi connectivity index (χ3n) is 2.96. The van der Waals surface area contributed by atoms with Crippen molar-refractivity contribution in [3.63, 3.8) is 0 Å². The van der Waals surface area contributed by atoms with Crippen LogP contribution in [-0.2, 0) is 10.0 Å². The number of sulfonamides is 1. The van der Waals surface area contributed by atoms with Crippen LogP contribution in [0.3, 0.4) is 0 Å². The molecule has 0 radical (unpaired) electrons. The van der Waals surface area contributed by atoms with Gasteiger partial charge in [0.05, 0.1) is 4.90 Å². The van der Waals surface area contributed by atoms with Crippen molar-refractivity contribution in [3.05, 3.63) is 24.3 Å². The first-order chi connectivity index (χ1) is 8.87. The molecule has 0 aromatic heterocycles. The number of hydrogen-bond donors (Lipinski definition) is 2. The van der Waals surface area contributed by atoms with E-state index in [1.807, 2.05) is 0 Å². The molecule has 0 atom stereocenters. The van der Waals surface area contributed by atoms with Gasteiger partial charge in [0.1, 0.15) is 11.9 Å². The third kappa shape index (κ3) is 3.68. The summed E-state index contributed by atoms with van der Waals surface area (Å²) in [6.07, 6.45) is 1.87. The van der Waals surface area contributed by atoms with E-state index in [9.17, 15) is 8.42 Å². The summed E-state index contributed by atoms with van der Waals surface area (Å²) < 4.78 is 32.0. The summed E-state index contributed by atoms with van der Waals surface area (Å²) >= 11 is 0. The Kier molecular flexibility index (Phi) is 4.13. The fraction of sp³-hybridized carbons (Fsp3) is 0.538. The predicted octanol–water partition coefficient (Wildman–Crippen LogP) is 1.24. The van der Waals surface area contributed by atoms with Crippen LogP contribution in [0, 0.1) is 0 Å². The third-order valence-corrected chi connectivity index (χ3v) is 4.63. The first kappa shape index (κ1) is 14.3. The van der Waals surface area contributed by atoms with Gasteiger partial charge in [-0.15, -0.1) is 0 Å².